The highest BCUT2D eigenvalue weighted by Crippen LogP contribution is 1.80. The molecule has 0 heterocycles. The van der Waals surface area contributed by atoms with Crippen molar-refractivity contribution in [1.29, 1.82) is 0 Å². The Balaban J connectivity index is 2.40. The smallest absolute Gasteiger partial charge is 0.168 e. The molecule has 0 rings (SSSR count). The van der Waals surface area contributed by atoms with Crippen LogP contribution in [0.25, 0.3) is 0 Å². The molecular formula is CH2INOS. The molecule has 0 aliphatic rings. The Labute approximate surface area is 49.2 Å². The van der Waals surface area contributed by atoms with Crippen LogP contribution in [0.15, 0.2) is 4.53 Å². The summed E-state index contributed by atoms with van der Waals surface area (Å²) in [5, 5.41) is 0. The maximum Gasteiger partial charge on any atom is 0.168 e. The van der Waals surface area contributed by atoms with Crippen LogP contribution in [-0.2, 0) is 17.3 Å². The predicted octanol–water partition coefficient (Wildman–Crippen LogP) is 1.04. The number of rotatable bonds is 2. The second-order valence-electron chi connectivity index (χ2n) is 0.313. The third kappa shape index (κ3) is 4.55. The van der Waals surface area contributed by atoms with Crippen molar-refractivity contribution >= 4 is 35.0 Å². The SMILES string of the molecule is S=NOCI. The van der Waals surface area contributed by atoms with E-state index >= 15 is 0 Å². The topological polar surface area (TPSA) is 21.6 Å². The van der Waals surface area contributed by atoms with Gasteiger partial charge in [0.25, 0.3) is 0 Å². The van der Waals surface area contributed by atoms with E-state index in [1.54, 1.807) is 0 Å². The molecule has 0 saturated carbocycles. The van der Waals surface area contributed by atoms with Crippen LogP contribution >= 0.6 is 22.6 Å². The molecule has 0 aromatic heterocycles. The average molecular weight is 203 g/mol. The Bertz CT molecular complexity index is 32.8. The minimum atomic E-state index is 0.543. The van der Waals surface area contributed by atoms with Crippen molar-refractivity contribution in [3.8, 4) is 0 Å². The normalized spacial score (nSPS) is 6.60. The van der Waals surface area contributed by atoms with Crippen molar-refractivity contribution < 1.29 is 4.84 Å². The van der Waals surface area contributed by atoms with Crippen molar-refractivity contribution in [2.24, 2.45) is 4.53 Å². The molecule has 0 bridgehead atoms. The molecule has 0 aliphatic heterocycles. The summed E-state index contributed by atoms with van der Waals surface area (Å²) in [5.41, 5.74) is 0. The van der Waals surface area contributed by atoms with Crippen LogP contribution in [0.3, 0.4) is 0 Å². The summed E-state index contributed by atoms with van der Waals surface area (Å²) in [6.07, 6.45) is 0. The van der Waals surface area contributed by atoms with E-state index in [1.807, 2.05) is 22.6 Å². The molecule has 0 spiro atoms. The molecule has 0 aromatic carbocycles. The maximum absolute atomic E-state index is 4.26. The molecule has 0 aromatic rings. The lowest BCUT2D eigenvalue weighted by atomic mass is 11.7. The van der Waals surface area contributed by atoms with Gasteiger partial charge in [0, 0.05) is 0 Å². The molecule has 0 N–H and O–H groups in total. The van der Waals surface area contributed by atoms with Crippen LogP contribution in [0.5, 0.6) is 0 Å². The number of alkyl halides is 1. The first kappa shape index (κ1) is 5.55. The fraction of sp³-hybridized carbons (Fsp3) is 1.00. The zero-order valence-electron chi connectivity index (χ0n) is 2.35. The van der Waals surface area contributed by atoms with E-state index in [0.29, 0.717) is 4.61 Å². The van der Waals surface area contributed by atoms with Gasteiger partial charge in [0.1, 0.15) is 0 Å². The Morgan fingerprint density at radius 2 is 2.60 bits per heavy atom. The van der Waals surface area contributed by atoms with Crippen LogP contribution in [-0.4, -0.2) is 4.61 Å². The quantitative estimate of drug-likeness (QED) is 0.380. The highest BCUT2D eigenvalue weighted by molar-refractivity contribution is 14.1. The Kier molecular flexibility index (Phi) is 5.05. The summed E-state index contributed by atoms with van der Waals surface area (Å²) in [7, 11) is 0. The molecule has 0 radical (unpaired) electrons. The minimum Gasteiger partial charge on any atom is -0.375 e. The van der Waals surface area contributed by atoms with Crippen molar-refractivity contribution in [1.82, 2.24) is 0 Å². The van der Waals surface area contributed by atoms with Crippen LogP contribution in [0.2, 0.25) is 0 Å². The lowest BCUT2D eigenvalue weighted by Gasteiger charge is -1.77. The maximum atomic E-state index is 4.26. The van der Waals surface area contributed by atoms with Crippen molar-refractivity contribution in [2.75, 3.05) is 4.61 Å². The van der Waals surface area contributed by atoms with Gasteiger partial charge in [-0.05, 0) is 27.1 Å². The predicted molar refractivity (Wildman–Crippen MR) is 29.8 cm³/mol. The van der Waals surface area contributed by atoms with Gasteiger partial charge in [0.05, 0.1) is 12.4 Å². The van der Waals surface area contributed by atoms with E-state index in [2.05, 4.69) is 21.8 Å². The third-order valence-electron chi connectivity index (χ3n) is 0.101. The highest BCUT2D eigenvalue weighted by Gasteiger charge is 1.61. The van der Waals surface area contributed by atoms with E-state index in [0.717, 1.165) is 0 Å². The molecule has 0 saturated heterocycles. The fourth-order valence-corrected chi connectivity index (χ4v) is 0.401. The molecule has 2 nitrogen and oxygen atoms in total. The van der Waals surface area contributed by atoms with Crippen molar-refractivity contribution in [3.05, 3.63) is 0 Å². The van der Waals surface area contributed by atoms with Gasteiger partial charge in [-0.1, -0.05) is 0 Å². The van der Waals surface area contributed by atoms with Crippen LogP contribution < -0.4 is 0 Å². The molecule has 0 aliphatic carbocycles. The molecular weight excluding hydrogens is 201 g/mol. The second-order valence-corrected chi connectivity index (χ2v) is 1.08. The van der Waals surface area contributed by atoms with Gasteiger partial charge in [-0.3, -0.25) is 0 Å². The van der Waals surface area contributed by atoms with Crippen molar-refractivity contribution in [2.45, 2.75) is 0 Å². The molecule has 0 amide bonds. The first-order valence-corrected chi connectivity index (χ1v) is 2.81. The van der Waals surface area contributed by atoms with Gasteiger partial charge >= 0.3 is 0 Å². The van der Waals surface area contributed by atoms with E-state index < -0.39 is 0 Å². The van der Waals surface area contributed by atoms with Gasteiger partial charge in [0.15, 0.2) is 4.61 Å². The van der Waals surface area contributed by atoms with Gasteiger partial charge in [-0.25, -0.2) is 0 Å². The molecule has 0 unspecified atom stereocenters. The van der Waals surface area contributed by atoms with E-state index in [4.69, 9.17) is 0 Å². The number of hydrogen-bond acceptors (Lipinski definition) is 3. The average Bonchev–Trinajstić information content (AvgIpc) is 1.41. The van der Waals surface area contributed by atoms with E-state index in [1.165, 1.54) is 0 Å². The summed E-state index contributed by atoms with van der Waals surface area (Å²) >= 11 is 6.05. The second kappa shape index (κ2) is 4.55. The first-order valence-electron chi connectivity index (χ1n) is 0.921. The number of halogens is 1. The zero-order valence-corrected chi connectivity index (χ0v) is 5.32. The molecule has 0 fully saturated rings. The molecule has 5 heavy (non-hydrogen) atoms. The van der Waals surface area contributed by atoms with E-state index in [9.17, 15) is 0 Å². The van der Waals surface area contributed by atoms with Crippen LogP contribution in [0.1, 0.15) is 0 Å². The summed E-state index contributed by atoms with van der Waals surface area (Å²) in [5.74, 6) is 0. The largest absolute Gasteiger partial charge is 0.375 e. The van der Waals surface area contributed by atoms with Crippen molar-refractivity contribution in [3.63, 3.8) is 0 Å². The highest BCUT2D eigenvalue weighted by atomic mass is 127. The summed E-state index contributed by atoms with van der Waals surface area (Å²) < 4.78 is 3.47. The fourth-order valence-electron chi connectivity index (χ4n) is 0.0199. The zero-order chi connectivity index (χ0) is 4.12. The lowest BCUT2D eigenvalue weighted by molar-refractivity contribution is 0.214. The van der Waals surface area contributed by atoms with Gasteiger partial charge in [0.2, 0.25) is 0 Å². The van der Waals surface area contributed by atoms with Crippen LogP contribution in [0.4, 0.5) is 0 Å². The van der Waals surface area contributed by atoms with E-state index in [-0.39, 0.29) is 0 Å². The summed E-state index contributed by atoms with van der Waals surface area (Å²) in [6, 6.07) is 0. The summed E-state index contributed by atoms with van der Waals surface area (Å²) in [6.45, 7) is 0. The Morgan fingerprint density at radius 1 is 2.00 bits per heavy atom. The third-order valence-corrected chi connectivity index (χ3v) is 0.485. The number of nitrogens with zero attached hydrogens (tertiary/aromatic N) is 1. The minimum absolute atomic E-state index is 0.543. The summed E-state index contributed by atoms with van der Waals surface area (Å²) in [4.78, 5) is 4.26. The van der Waals surface area contributed by atoms with Gasteiger partial charge < -0.3 is 4.84 Å². The molecule has 30 valence electrons. The molecule has 0 atom stereocenters. The number of hydrogen-bond donors (Lipinski definition) is 0. The Hall–Kier alpha value is 0.550. The van der Waals surface area contributed by atoms with Gasteiger partial charge in [-0.2, -0.15) is 0 Å². The lowest BCUT2D eigenvalue weighted by Crippen LogP contribution is -1.66. The monoisotopic (exact) mass is 203 g/mol. The van der Waals surface area contributed by atoms with Crippen LogP contribution in [0, 0.1) is 0 Å². The van der Waals surface area contributed by atoms with Gasteiger partial charge in [-0.15, -0.1) is 0 Å². The molecule has 4 heteroatoms. The Morgan fingerprint density at radius 3 is 2.60 bits per heavy atom. The first-order chi connectivity index (χ1) is 2.41. The standard InChI is InChI=1S/CH2INOS/c2-1-4-3-5/h1H2.